The molecule has 0 saturated heterocycles. The average Bonchev–Trinajstić information content (AvgIpc) is 2.37. The Kier molecular flexibility index (Phi) is 4.67. The molecule has 2 N–H and O–H groups in total. The Labute approximate surface area is 129 Å². The molecule has 104 valence electrons. The molecule has 6 heteroatoms. The number of aryl methyl sites for hydroxylation is 1. The van der Waals surface area contributed by atoms with E-state index in [0.717, 1.165) is 5.56 Å². The van der Waals surface area contributed by atoms with Crippen molar-refractivity contribution in [2.45, 2.75) is 6.92 Å². The lowest BCUT2D eigenvalue weighted by Crippen LogP contribution is -2.20. The minimum Gasteiger partial charge on any atom is -0.332 e. The van der Waals surface area contributed by atoms with Crippen LogP contribution in [0.5, 0.6) is 0 Å². The largest absolute Gasteiger partial charge is 0.332 e. The summed E-state index contributed by atoms with van der Waals surface area (Å²) in [7, 11) is 0. The van der Waals surface area contributed by atoms with E-state index in [1.807, 2.05) is 6.92 Å². The molecule has 0 saturated carbocycles. The van der Waals surface area contributed by atoms with Gasteiger partial charge in [-0.05, 0) is 55.0 Å². The molecule has 2 nitrogen and oxygen atoms in total. The Morgan fingerprint density at radius 3 is 2.45 bits per heavy atom. The predicted octanol–water partition coefficient (Wildman–Crippen LogP) is 4.84. The summed E-state index contributed by atoms with van der Waals surface area (Å²) in [6.07, 6.45) is 0. The molecule has 0 bridgehead atoms. The standard InChI is InChI=1S/C14H11BrF2N2S/c1-8-2-4-10(16)7-13(8)19-14(20)18-12-5-3-9(15)6-11(12)17/h2-7H,1H3,(H2,18,19,20). The van der Waals surface area contributed by atoms with Crippen molar-refractivity contribution in [3.63, 3.8) is 0 Å². The first-order chi connectivity index (χ1) is 9.45. The van der Waals surface area contributed by atoms with E-state index in [9.17, 15) is 8.78 Å². The highest BCUT2D eigenvalue weighted by Gasteiger charge is 2.07. The summed E-state index contributed by atoms with van der Waals surface area (Å²) in [6.45, 7) is 1.82. The smallest absolute Gasteiger partial charge is 0.175 e. The molecule has 0 heterocycles. The molecule has 0 aromatic heterocycles. The zero-order valence-corrected chi connectivity index (χ0v) is 12.9. The van der Waals surface area contributed by atoms with Crippen molar-refractivity contribution in [2.75, 3.05) is 10.6 Å². The molecule has 0 unspecified atom stereocenters. The van der Waals surface area contributed by atoms with Crippen LogP contribution in [0, 0.1) is 18.6 Å². The summed E-state index contributed by atoms with van der Waals surface area (Å²) in [6, 6.07) is 8.93. The summed E-state index contributed by atoms with van der Waals surface area (Å²) in [5.74, 6) is -0.796. The monoisotopic (exact) mass is 356 g/mol. The maximum absolute atomic E-state index is 13.7. The third-order valence-corrected chi connectivity index (χ3v) is 3.32. The molecule has 0 fully saturated rings. The molecule has 0 spiro atoms. The summed E-state index contributed by atoms with van der Waals surface area (Å²) in [5, 5.41) is 5.77. The molecule has 2 rings (SSSR count). The van der Waals surface area contributed by atoms with Crippen molar-refractivity contribution < 1.29 is 8.78 Å². The van der Waals surface area contributed by atoms with Crippen molar-refractivity contribution in [3.05, 3.63) is 58.1 Å². The van der Waals surface area contributed by atoms with Gasteiger partial charge in [0, 0.05) is 10.2 Å². The van der Waals surface area contributed by atoms with E-state index in [1.54, 1.807) is 18.2 Å². The van der Waals surface area contributed by atoms with Crippen molar-refractivity contribution in [3.8, 4) is 0 Å². The van der Waals surface area contributed by atoms with E-state index in [0.29, 0.717) is 10.2 Å². The second kappa shape index (κ2) is 6.28. The normalized spacial score (nSPS) is 10.2. The van der Waals surface area contributed by atoms with Crippen molar-refractivity contribution >= 4 is 44.6 Å². The van der Waals surface area contributed by atoms with Crippen LogP contribution in [0.4, 0.5) is 20.2 Å². The Bertz CT molecular complexity index is 662. The highest BCUT2D eigenvalue weighted by Crippen LogP contribution is 2.20. The first kappa shape index (κ1) is 14.9. The van der Waals surface area contributed by atoms with E-state index in [-0.39, 0.29) is 16.6 Å². The van der Waals surface area contributed by atoms with Crippen LogP contribution in [0.2, 0.25) is 0 Å². The zero-order chi connectivity index (χ0) is 14.7. The predicted molar refractivity (Wildman–Crippen MR) is 85.1 cm³/mol. The van der Waals surface area contributed by atoms with Crippen LogP contribution in [-0.4, -0.2) is 5.11 Å². The number of hydrogen-bond acceptors (Lipinski definition) is 1. The second-order valence-electron chi connectivity index (χ2n) is 4.16. The number of anilines is 2. The Balaban J connectivity index is 2.11. The number of rotatable bonds is 2. The molecule has 0 atom stereocenters. The summed E-state index contributed by atoms with van der Waals surface area (Å²) in [5.41, 5.74) is 1.63. The Morgan fingerprint density at radius 2 is 1.75 bits per heavy atom. The molecule has 20 heavy (non-hydrogen) atoms. The maximum atomic E-state index is 13.7. The van der Waals surface area contributed by atoms with Crippen molar-refractivity contribution in [1.29, 1.82) is 0 Å². The van der Waals surface area contributed by atoms with Gasteiger partial charge in [0.1, 0.15) is 11.6 Å². The van der Waals surface area contributed by atoms with Gasteiger partial charge in [0.2, 0.25) is 0 Å². The fourth-order valence-electron chi connectivity index (χ4n) is 1.60. The van der Waals surface area contributed by atoms with E-state index < -0.39 is 5.82 Å². The van der Waals surface area contributed by atoms with Crippen LogP contribution in [0.1, 0.15) is 5.56 Å². The van der Waals surface area contributed by atoms with Crippen LogP contribution >= 0.6 is 28.1 Å². The summed E-state index contributed by atoms with van der Waals surface area (Å²) in [4.78, 5) is 0. The average molecular weight is 357 g/mol. The second-order valence-corrected chi connectivity index (χ2v) is 5.49. The number of halogens is 3. The maximum Gasteiger partial charge on any atom is 0.175 e. The van der Waals surface area contributed by atoms with Gasteiger partial charge in [-0.3, -0.25) is 0 Å². The third-order valence-electron chi connectivity index (χ3n) is 2.63. The fraction of sp³-hybridized carbons (Fsp3) is 0.0714. The molecule has 2 aromatic rings. The molecular weight excluding hydrogens is 346 g/mol. The molecule has 0 aliphatic heterocycles. The SMILES string of the molecule is Cc1ccc(F)cc1NC(=S)Nc1ccc(Br)cc1F. The number of thiocarbonyl (C=S) groups is 1. The fourth-order valence-corrected chi connectivity index (χ4v) is 2.15. The van der Waals surface area contributed by atoms with Gasteiger partial charge in [0.25, 0.3) is 0 Å². The first-order valence-electron chi connectivity index (χ1n) is 5.75. The highest BCUT2D eigenvalue weighted by molar-refractivity contribution is 9.10. The molecule has 0 amide bonds. The zero-order valence-electron chi connectivity index (χ0n) is 10.5. The van der Waals surface area contributed by atoms with Gasteiger partial charge in [-0.25, -0.2) is 8.78 Å². The number of hydrogen-bond donors (Lipinski definition) is 2. The summed E-state index contributed by atoms with van der Waals surface area (Å²) < 4.78 is 27.5. The molecule has 2 aromatic carbocycles. The lowest BCUT2D eigenvalue weighted by atomic mass is 10.2. The molecule has 0 radical (unpaired) electrons. The van der Waals surface area contributed by atoms with Gasteiger partial charge in [-0.1, -0.05) is 22.0 Å². The van der Waals surface area contributed by atoms with Crippen LogP contribution in [0.15, 0.2) is 40.9 Å². The lowest BCUT2D eigenvalue weighted by Gasteiger charge is -2.13. The van der Waals surface area contributed by atoms with Crippen molar-refractivity contribution in [2.24, 2.45) is 0 Å². The minimum atomic E-state index is -0.431. The van der Waals surface area contributed by atoms with Gasteiger partial charge >= 0.3 is 0 Å². The van der Waals surface area contributed by atoms with Crippen LogP contribution in [0.25, 0.3) is 0 Å². The van der Waals surface area contributed by atoms with Gasteiger partial charge < -0.3 is 10.6 Å². The molecule has 0 aliphatic carbocycles. The van der Waals surface area contributed by atoms with E-state index in [2.05, 4.69) is 26.6 Å². The Hall–Kier alpha value is -1.53. The van der Waals surface area contributed by atoms with Crippen LogP contribution in [0.3, 0.4) is 0 Å². The number of nitrogens with one attached hydrogen (secondary N) is 2. The lowest BCUT2D eigenvalue weighted by molar-refractivity contribution is 0.628. The van der Waals surface area contributed by atoms with Crippen molar-refractivity contribution in [1.82, 2.24) is 0 Å². The van der Waals surface area contributed by atoms with Gasteiger partial charge in [-0.2, -0.15) is 0 Å². The van der Waals surface area contributed by atoms with Crippen LogP contribution < -0.4 is 10.6 Å². The topological polar surface area (TPSA) is 24.1 Å². The van der Waals surface area contributed by atoms with Crippen LogP contribution in [-0.2, 0) is 0 Å². The van der Waals surface area contributed by atoms with Gasteiger partial charge in [0.05, 0.1) is 5.69 Å². The summed E-state index contributed by atoms with van der Waals surface area (Å²) >= 11 is 8.27. The van der Waals surface area contributed by atoms with Gasteiger partial charge in [0.15, 0.2) is 5.11 Å². The van der Waals surface area contributed by atoms with E-state index in [1.165, 1.54) is 18.2 Å². The first-order valence-corrected chi connectivity index (χ1v) is 6.95. The molecule has 0 aliphatic rings. The highest BCUT2D eigenvalue weighted by atomic mass is 79.9. The van der Waals surface area contributed by atoms with E-state index in [4.69, 9.17) is 12.2 Å². The number of benzene rings is 2. The van der Waals surface area contributed by atoms with E-state index >= 15 is 0 Å². The third kappa shape index (κ3) is 3.74. The van der Waals surface area contributed by atoms with Gasteiger partial charge in [-0.15, -0.1) is 0 Å². The minimum absolute atomic E-state index is 0.194. The quantitative estimate of drug-likeness (QED) is 0.752. The molecular formula is C14H11BrF2N2S. The Morgan fingerprint density at radius 1 is 1.05 bits per heavy atom.